The van der Waals surface area contributed by atoms with Gasteiger partial charge in [-0.15, -0.1) is 0 Å². The lowest BCUT2D eigenvalue weighted by atomic mass is 10.3. The van der Waals surface area contributed by atoms with Gasteiger partial charge in [-0.05, 0) is 48.5 Å². The standard InChI is InChI=1S/C20H17ClN4O4/c1-29-16-7-5-14(6-8-16)23-20(28)17-9-10-19(27)25(24-17)12-18(26)22-15-4-2-3-13(21)11-15/h2-11H,12H2,1H3,(H,22,26)(H,23,28). The van der Waals surface area contributed by atoms with Gasteiger partial charge in [0.2, 0.25) is 5.91 Å². The molecule has 0 spiro atoms. The minimum absolute atomic E-state index is 0.00373. The van der Waals surface area contributed by atoms with Crippen molar-refractivity contribution in [3.63, 3.8) is 0 Å². The van der Waals surface area contributed by atoms with E-state index in [1.165, 1.54) is 12.1 Å². The van der Waals surface area contributed by atoms with Crippen molar-refractivity contribution in [2.24, 2.45) is 0 Å². The molecule has 3 aromatic rings. The van der Waals surface area contributed by atoms with Crippen LogP contribution in [-0.4, -0.2) is 28.7 Å². The first-order valence-corrected chi connectivity index (χ1v) is 8.91. The number of benzene rings is 2. The summed E-state index contributed by atoms with van der Waals surface area (Å²) < 4.78 is 5.98. The third-order valence-electron chi connectivity index (χ3n) is 3.85. The number of hydrogen-bond donors (Lipinski definition) is 2. The molecule has 0 saturated heterocycles. The molecule has 0 unspecified atom stereocenters. The highest BCUT2D eigenvalue weighted by Crippen LogP contribution is 2.16. The summed E-state index contributed by atoms with van der Waals surface area (Å²) in [6.07, 6.45) is 0. The maximum Gasteiger partial charge on any atom is 0.276 e. The number of methoxy groups -OCH3 is 1. The van der Waals surface area contributed by atoms with E-state index < -0.39 is 17.4 Å². The van der Waals surface area contributed by atoms with Crippen LogP contribution in [0.1, 0.15) is 10.5 Å². The lowest BCUT2D eigenvalue weighted by molar-refractivity contribution is -0.117. The molecule has 2 amide bonds. The van der Waals surface area contributed by atoms with Crippen LogP contribution in [0.4, 0.5) is 11.4 Å². The predicted molar refractivity (Wildman–Crippen MR) is 110 cm³/mol. The van der Waals surface area contributed by atoms with E-state index in [1.807, 2.05) is 0 Å². The molecule has 9 heteroatoms. The summed E-state index contributed by atoms with van der Waals surface area (Å²) in [6, 6.07) is 15.8. The second kappa shape index (κ2) is 9.03. The molecule has 0 fully saturated rings. The molecular formula is C20H17ClN4O4. The molecule has 0 aliphatic carbocycles. The summed E-state index contributed by atoms with van der Waals surface area (Å²) in [5, 5.41) is 9.74. The summed E-state index contributed by atoms with van der Waals surface area (Å²) in [7, 11) is 1.54. The van der Waals surface area contributed by atoms with Crippen LogP contribution < -0.4 is 20.9 Å². The molecule has 0 radical (unpaired) electrons. The minimum Gasteiger partial charge on any atom is -0.497 e. The molecule has 148 valence electrons. The van der Waals surface area contributed by atoms with Crippen molar-refractivity contribution in [3.05, 3.63) is 81.7 Å². The van der Waals surface area contributed by atoms with E-state index in [1.54, 1.807) is 55.6 Å². The predicted octanol–water partition coefficient (Wildman–Crippen LogP) is 2.80. The summed E-state index contributed by atoms with van der Waals surface area (Å²) in [6.45, 7) is -0.352. The SMILES string of the molecule is COc1ccc(NC(=O)c2ccc(=O)n(CC(=O)Nc3cccc(Cl)c3)n2)cc1. The van der Waals surface area contributed by atoms with Crippen LogP contribution in [-0.2, 0) is 11.3 Å². The van der Waals surface area contributed by atoms with Crippen molar-refractivity contribution < 1.29 is 14.3 Å². The summed E-state index contributed by atoms with van der Waals surface area (Å²) >= 11 is 5.88. The Balaban J connectivity index is 1.70. The Labute approximate surface area is 171 Å². The number of rotatable bonds is 6. The number of hydrogen-bond acceptors (Lipinski definition) is 5. The second-order valence-electron chi connectivity index (χ2n) is 5.96. The van der Waals surface area contributed by atoms with Crippen molar-refractivity contribution >= 4 is 34.8 Å². The average molecular weight is 413 g/mol. The van der Waals surface area contributed by atoms with Crippen molar-refractivity contribution in [1.82, 2.24) is 9.78 Å². The summed E-state index contributed by atoms with van der Waals surface area (Å²) in [5.74, 6) is -0.339. The van der Waals surface area contributed by atoms with Crippen LogP contribution in [0.25, 0.3) is 0 Å². The van der Waals surface area contributed by atoms with Crippen molar-refractivity contribution in [2.75, 3.05) is 17.7 Å². The number of nitrogens with one attached hydrogen (secondary N) is 2. The van der Waals surface area contributed by atoms with E-state index in [0.717, 1.165) is 4.68 Å². The first kappa shape index (κ1) is 20.1. The fourth-order valence-electron chi connectivity index (χ4n) is 2.46. The van der Waals surface area contributed by atoms with Gasteiger partial charge in [0.05, 0.1) is 7.11 Å². The van der Waals surface area contributed by atoms with Crippen LogP contribution in [0.2, 0.25) is 5.02 Å². The Morgan fingerprint density at radius 1 is 1.03 bits per heavy atom. The third-order valence-corrected chi connectivity index (χ3v) is 4.08. The van der Waals surface area contributed by atoms with E-state index in [2.05, 4.69) is 15.7 Å². The lowest BCUT2D eigenvalue weighted by Crippen LogP contribution is -2.31. The van der Waals surface area contributed by atoms with Gasteiger partial charge in [0.1, 0.15) is 18.0 Å². The number of ether oxygens (including phenoxy) is 1. The van der Waals surface area contributed by atoms with Gasteiger partial charge >= 0.3 is 0 Å². The molecule has 0 saturated carbocycles. The third kappa shape index (κ3) is 5.43. The Hall–Kier alpha value is -3.65. The molecule has 1 aromatic heterocycles. The van der Waals surface area contributed by atoms with E-state index in [4.69, 9.17) is 16.3 Å². The van der Waals surface area contributed by atoms with Crippen LogP contribution in [0.5, 0.6) is 5.75 Å². The number of halogens is 1. The minimum atomic E-state index is -0.515. The molecule has 8 nitrogen and oxygen atoms in total. The van der Waals surface area contributed by atoms with Gasteiger partial charge in [-0.25, -0.2) is 4.68 Å². The smallest absolute Gasteiger partial charge is 0.276 e. The van der Waals surface area contributed by atoms with Gasteiger partial charge in [0, 0.05) is 22.5 Å². The molecule has 1 heterocycles. The van der Waals surface area contributed by atoms with Gasteiger partial charge in [-0.3, -0.25) is 14.4 Å². The molecule has 0 bridgehead atoms. The average Bonchev–Trinajstić information content (AvgIpc) is 2.70. The molecule has 0 atom stereocenters. The van der Waals surface area contributed by atoms with E-state index in [0.29, 0.717) is 22.1 Å². The number of carbonyl (C=O) groups excluding carboxylic acids is 2. The number of anilines is 2. The summed E-state index contributed by atoms with van der Waals surface area (Å²) in [5.41, 5.74) is 0.515. The zero-order valence-electron chi connectivity index (χ0n) is 15.4. The molecule has 0 aliphatic rings. The van der Waals surface area contributed by atoms with Crippen LogP contribution in [0.15, 0.2) is 65.5 Å². The Morgan fingerprint density at radius 3 is 2.48 bits per heavy atom. The maximum atomic E-state index is 12.4. The number of aromatic nitrogens is 2. The Kier molecular flexibility index (Phi) is 6.25. The second-order valence-corrected chi connectivity index (χ2v) is 6.39. The topological polar surface area (TPSA) is 102 Å². The van der Waals surface area contributed by atoms with Gasteiger partial charge < -0.3 is 15.4 Å². The zero-order valence-corrected chi connectivity index (χ0v) is 16.1. The normalized spacial score (nSPS) is 10.3. The molecule has 29 heavy (non-hydrogen) atoms. The quantitative estimate of drug-likeness (QED) is 0.648. The van der Waals surface area contributed by atoms with Gasteiger partial charge in [0.15, 0.2) is 0 Å². The highest BCUT2D eigenvalue weighted by molar-refractivity contribution is 6.30. The van der Waals surface area contributed by atoms with Crippen LogP contribution >= 0.6 is 11.6 Å². The van der Waals surface area contributed by atoms with E-state index >= 15 is 0 Å². The lowest BCUT2D eigenvalue weighted by Gasteiger charge is -2.09. The van der Waals surface area contributed by atoms with Crippen molar-refractivity contribution in [3.8, 4) is 5.75 Å². The molecule has 2 N–H and O–H groups in total. The monoisotopic (exact) mass is 412 g/mol. The highest BCUT2D eigenvalue weighted by atomic mass is 35.5. The highest BCUT2D eigenvalue weighted by Gasteiger charge is 2.12. The Morgan fingerprint density at radius 2 is 1.79 bits per heavy atom. The number of carbonyl (C=O) groups is 2. The first-order valence-electron chi connectivity index (χ1n) is 8.53. The molecule has 3 rings (SSSR count). The number of nitrogens with zero attached hydrogens (tertiary/aromatic N) is 2. The van der Waals surface area contributed by atoms with E-state index in [9.17, 15) is 14.4 Å². The van der Waals surface area contributed by atoms with Crippen molar-refractivity contribution in [1.29, 1.82) is 0 Å². The van der Waals surface area contributed by atoms with Gasteiger partial charge in [-0.1, -0.05) is 17.7 Å². The summed E-state index contributed by atoms with van der Waals surface area (Å²) in [4.78, 5) is 36.6. The van der Waals surface area contributed by atoms with Crippen LogP contribution in [0, 0.1) is 0 Å². The van der Waals surface area contributed by atoms with Crippen LogP contribution in [0.3, 0.4) is 0 Å². The molecule has 2 aromatic carbocycles. The number of amides is 2. The molecular weight excluding hydrogens is 396 g/mol. The molecule has 0 aliphatic heterocycles. The zero-order chi connectivity index (χ0) is 20.8. The fraction of sp³-hybridized carbons (Fsp3) is 0.100. The van der Waals surface area contributed by atoms with E-state index in [-0.39, 0.29) is 12.2 Å². The van der Waals surface area contributed by atoms with Gasteiger partial charge in [-0.2, -0.15) is 5.10 Å². The van der Waals surface area contributed by atoms with Crippen molar-refractivity contribution in [2.45, 2.75) is 6.54 Å². The fourth-order valence-corrected chi connectivity index (χ4v) is 2.65. The van der Waals surface area contributed by atoms with Gasteiger partial charge in [0.25, 0.3) is 11.5 Å². The largest absolute Gasteiger partial charge is 0.497 e. The first-order chi connectivity index (χ1) is 13.9. The Bertz CT molecular complexity index is 1100. The maximum absolute atomic E-state index is 12.4.